The van der Waals surface area contributed by atoms with Gasteiger partial charge in [-0.3, -0.25) is 4.99 Å². The molecule has 2 aliphatic rings. The van der Waals surface area contributed by atoms with Crippen LogP contribution in [0.1, 0.15) is 16.7 Å². The van der Waals surface area contributed by atoms with Crippen molar-refractivity contribution in [3.05, 3.63) is 95.6 Å². The van der Waals surface area contributed by atoms with Crippen LogP contribution in [0.25, 0.3) is 11.1 Å². The summed E-state index contributed by atoms with van der Waals surface area (Å²) in [5.74, 6) is -0.313. The number of hydrogen-bond donors (Lipinski definition) is 0. The Morgan fingerprint density at radius 1 is 0.889 bits per heavy atom. The van der Waals surface area contributed by atoms with Crippen LogP contribution in [0.2, 0.25) is 0 Å². The largest absolute Gasteiger partial charge is 0.467 e. The van der Waals surface area contributed by atoms with E-state index < -0.39 is 10.1 Å². The third kappa shape index (κ3) is 2.23. The number of esters is 1. The smallest absolute Gasteiger partial charge is 0.341 e. The molecule has 0 fully saturated rings. The second-order valence-electron chi connectivity index (χ2n) is 6.61. The first-order chi connectivity index (χ1) is 13.3. The SMILES string of the molecule is COC(=O)[C@@H]1N=C(c2ccccc2)C2(S1)c1ccccc1-c1ccccc12. The van der Waals surface area contributed by atoms with Crippen molar-refractivity contribution in [2.45, 2.75) is 10.1 Å². The molecule has 27 heavy (non-hydrogen) atoms. The molecule has 1 aliphatic heterocycles. The summed E-state index contributed by atoms with van der Waals surface area (Å²) < 4.78 is 4.52. The maximum atomic E-state index is 12.4. The molecule has 0 saturated carbocycles. The molecule has 0 aromatic heterocycles. The molecule has 1 aliphatic carbocycles. The van der Waals surface area contributed by atoms with E-state index in [1.807, 2.05) is 18.2 Å². The van der Waals surface area contributed by atoms with Crippen molar-refractivity contribution in [2.75, 3.05) is 7.11 Å². The van der Waals surface area contributed by atoms with E-state index in [1.165, 1.54) is 29.4 Å². The lowest BCUT2D eigenvalue weighted by atomic mass is 9.87. The molecule has 1 heterocycles. The van der Waals surface area contributed by atoms with Gasteiger partial charge < -0.3 is 4.74 Å². The Hall–Kier alpha value is -2.85. The van der Waals surface area contributed by atoms with E-state index in [0.717, 1.165) is 11.3 Å². The van der Waals surface area contributed by atoms with Gasteiger partial charge in [0, 0.05) is 0 Å². The number of nitrogens with zero attached hydrogens (tertiary/aromatic N) is 1. The summed E-state index contributed by atoms with van der Waals surface area (Å²) >= 11 is 1.56. The van der Waals surface area contributed by atoms with Crippen LogP contribution in [0, 0.1) is 0 Å². The summed E-state index contributed by atoms with van der Waals surface area (Å²) in [6.45, 7) is 0. The fourth-order valence-electron chi connectivity index (χ4n) is 4.11. The van der Waals surface area contributed by atoms with E-state index >= 15 is 0 Å². The summed E-state index contributed by atoms with van der Waals surface area (Å²) in [5.41, 5.74) is 6.73. The number of rotatable bonds is 2. The summed E-state index contributed by atoms with van der Waals surface area (Å²) in [6.07, 6.45) is 0. The number of carbonyl (C=O) groups is 1. The predicted octanol–water partition coefficient (Wildman–Crippen LogP) is 4.65. The molecule has 5 rings (SSSR count). The van der Waals surface area contributed by atoms with Gasteiger partial charge in [0.2, 0.25) is 0 Å². The lowest BCUT2D eigenvalue weighted by Gasteiger charge is -2.28. The highest BCUT2D eigenvalue weighted by Gasteiger charge is 2.54. The lowest BCUT2D eigenvalue weighted by molar-refractivity contribution is -0.139. The number of methoxy groups -OCH3 is 1. The minimum Gasteiger partial charge on any atom is -0.467 e. The van der Waals surface area contributed by atoms with Crippen LogP contribution in [0.15, 0.2) is 83.9 Å². The zero-order valence-electron chi connectivity index (χ0n) is 14.8. The average Bonchev–Trinajstić information content (AvgIpc) is 3.27. The Morgan fingerprint density at radius 2 is 1.44 bits per heavy atom. The summed E-state index contributed by atoms with van der Waals surface area (Å²) in [6, 6.07) is 27.0. The van der Waals surface area contributed by atoms with Crippen LogP contribution in [0.4, 0.5) is 0 Å². The molecule has 1 spiro atoms. The van der Waals surface area contributed by atoms with Gasteiger partial charge in [-0.15, -0.1) is 11.8 Å². The molecule has 3 nitrogen and oxygen atoms in total. The first kappa shape index (κ1) is 16.3. The number of benzene rings is 3. The van der Waals surface area contributed by atoms with Crippen molar-refractivity contribution in [3.63, 3.8) is 0 Å². The molecule has 4 heteroatoms. The summed E-state index contributed by atoms with van der Waals surface area (Å²) in [7, 11) is 1.42. The average molecular weight is 371 g/mol. The van der Waals surface area contributed by atoms with Gasteiger partial charge in [-0.1, -0.05) is 78.9 Å². The Balaban J connectivity index is 1.82. The van der Waals surface area contributed by atoms with Crippen molar-refractivity contribution >= 4 is 23.4 Å². The first-order valence-electron chi connectivity index (χ1n) is 8.84. The molecule has 0 saturated heterocycles. The molecular weight excluding hydrogens is 354 g/mol. The van der Waals surface area contributed by atoms with Crippen LogP contribution in [0.3, 0.4) is 0 Å². The van der Waals surface area contributed by atoms with Gasteiger partial charge in [0.15, 0.2) is 5.37 Å². The molecule has 0 amide bonds. The van der Waals surface area contributed by atoms with Crippen LogP contribution < -0.4 is 0 Å². The second-order valence-corrected chi connectivity index (χ2v) is 7.90. The fraction of sp³-hybridized carbons (Fsp3) is 0.130. The quantitative estimate of drug-likeness (QED) is 0.616. The Labute approximate surface area is 162 Å². The molecule has 3 aromatic rings. The zero-order chi connectivity index (χ0) is 18.4. The first-order valence-corrected chi connectivity index (χ1v) is 9.72. The molecule has 0 bridgehead atoms. The van der Waals surface area contributed by atoms with Gasteiger partial charge in [-0.2, -0.15) is 0 Å². The molecule has 132 valence electrons. The van der Waals surface area contributed by atoms with Crippen LogP contribution in [-0.4, -0.2) is 24.2 Å². The lowest BCUT2D eigenvalue weighted by Crippen LogP contribution is -2.30. The molecule has 1 atom stereocenters. The van der Waals surface area contributed by atoms with E-state index in [9.17, 15) is 4.79 Å². The molecule has 3 aromatic carbocycles. The van der Waals surface area contributed by atoms with Crippen LogP contribution in [0.5, 0.6) is 0 Å². The van der Waals surface area contributed by atoms with E-state index in [4.69, 9.17) is 9.73 Å². The molecule has 0 radical (unpaired) electrons. The minimum atomic E-state index is -0.579. The second kappa shape index (κ2) is 6.10. The van der Waals surface area contributed by atoms with Crippen molar-refractivity contribution < 1.29 is 9.53 Å². The van der Waals surface area contributed by atoms with Gasteiger partial charge in [0.25, 0.3) is 0 Å². The Kier molecular flexibility index (Phi) is 3.69. The third-order valence-electron chi connectivity index (χ3n) is 5.22. The fourth-order valence-corrected chi connectivity index (χ4v) is 5.69. The van der Waals surface area contributed by atoms with Crippen molar-refractivity contribution in [1.29, 1.82) is 0 Å². The topological polar surface area (TPSA) is 38.7 Å². The molecule has 0 unspecified atom stereocenters. The number of carbonyl (C=O) groups excluding carboxylic acids is 1. The van der Waals surface area contributed by atoms with Gasteiger partial charge in [-0.05, 0) is 27.8 Å². The van der Waals surface area contributed by atoms with E-state index in [0.29, 0.717) is 0 Å². The number of hydrogen-bond acceptors (Lipinski definition) is 4. The van der Waals surface area contributed by atoms with Gasteiger partial charge >= 0.3 is 5.97 Å². The zero-order valence-corrected chi connectivity index (χ0v) is 15.6. The Bertz CT molecular complexity index is 1030. The highest BCUT2D eigenvalue weighted by molar-refractivity contribution is 8.02. The predicted molar refractivity (Wildman–Crippen MR) is 109 cm³/mol. The standard InChI is InChI=1S/C23H17NO2S/c1-26-22(25)21-24-20(15-9-3-2-4-10-15)23(27-21)18-13-7-5-11-16(18)17-12-6-8-14-19(17)23/h2-14,21H,1H3/t21-/m1/s1. The van der Waals surface area contributed by atoms with Gasteiger partial charge in [0.1, 0.15) is 4.75 Å². The number of ether oxygens (including phenoxy) is 1. The van der Waals surface area contributed by atoms with Crippen molar-refractivity contribution in [3.8, 4) is 11.1 Å². The summed E-state index contributed by atoms with van der Waals surface area (Å²) in [4.78, 5) is 17.3. The Morgan fingerprint density at radius 3 is 2.04 bits per heavy atom. The highest BCUT2D eigenvalue weighted by atomic mass is 32.2. The van der Waals surface area contributed by atoms with Gasteiger partial charge in [0.05, 0.1) is 12.8 Å². The third-order valence-corrected chi connectivity index (χ3v) is 6.73. The van der Waals surface area contributed by atoms with Crippen molar-refractivity contribution in [1.82, 2.24) is 0 Å². The van der Waals surface area contributed by atoms with E-state index in [2.05, 4.69) is 60.7 Å². The van der Waals surface area contributed by atoms with E-state index in [1.54, 1.807) is 11.8 Å². The van der Waals surface area contributed by atoms with Gasteiger partial charge in [-0.25, -0.2) is 4.79 Å². The normalized spacial score (nSPS) is 18.7. The minimum absolute atomic E-state index is 0.313. The van der Waals surface area contributed by atoms with Crippen LogP contribution >= 0.6 is 11.8 Å². The highest BCUT2D eigenvalue weighted by Crippen LogP contribution is 2.60. The monoisotopic (exact) mass is 371 g/mol. The summed E-state index contributed by atoms with van der Waals surface area (Å²) in [5, 5.41) is -0.579. The maximum absolute atomic E-state index is 12.4. The van der Waals surface area contributed by atoms with Crippen molar-refractivity contribution in [2.24, 2.45) is 4.99 Å². The number of fused-ring (bicyclic) bond motifs is 5. The number of aliphatic imine (C=N–C) groups is 1. The van der Waals surface area contributed by atoms with E-state index in [-0.39, 0.29) is 5.97 Å². The maximum Gasteiger partial charge on any atom is 0.341 e. The molecular formula is C23H17NO2S. The molecule has 0 N–H and O–H groups in total. The van der Waals surface area contributed by atoms with Crippen LogP contribution in [-0.2, 0) is 14.3 Å². The number of thioether (sulfide) groups is 1.